The van der Waals surface area contributed by atoms with Crippen molar-refractivity contribution in [3.63, 3.8) is 0 Å². The predicted octanol–water partition coefficient (Wildman–Crippen LogP) is 2.13. The summed E-state index contributed by atoms with van der Waals surface area (Å²) in [5.74, 6) is -2.10. The number of fused-ring (bicyclic) bond motifs is 1. The Kier molecular flexibility index (Phi) is 2.94. The molecule has 98 valence electrons. The monoisotopic (exact) mass is 252 g/mol. The van der Waals surface area contributed by atoms with Crippen LogP contribution in [0.4, 0.5) is 0 Å². The Bertz CT molecular complexity index is 521. The smallest absolute Gasteiger partial charge is 0.343 e. The van der Waals surface area contributed by atoms with Crippen LogP contribution in [0, 0.1) is 6.92 Å². The zero-order valence-corrected chi connectivity index (χ0v) is 10.5. The minimum Gasteiger partial charge on any atom is -0.507 e. The Hall–Kier alpha value is -1.75. The number of aromatic carboxylic acids is 1. The molecular weight excluding hydrogens is 236 g/mol. The number of carboxylic acid groups (broad SMARTS) is 1. The minimum absolute atomic E-state index is 0.00612. The van der Waals surface area contributed by atoms with Gasteiger partial charge in [-0.1, -0.05) is 6.92 Å². The highest BCUT2D eigenvalue weighted by atomic mass is 16.5. The highest BCUT2D eigenvalue weighted by Crippen LogP contribution is 2.44. The molecule has 5 heteroatoms. The van der Waals surface area contributed by atoms with Gasteiger partial charge < -0.3 is 20.1 Å². The maximum Gasteiger partial charge on any atom is 0.343 e. The molecule has 3 N–H and O–H groups in total. The first-order valence-electron chi connectivity index (χ1n) is 5.78. The number of rotatable bonds is 1. The van der Waals surface area contributed by atoms with Crippen molar-refractivity contribution in [3.05, 3.63) is 22.3 Å². The van der Waals surface area contributed by atoms with E-state index in [9.17, 15) is 15.0 Å². The molecule has 5 nitrogen and oxygen atoms in total. The molecule has 0 fully saturated rings. The third kappa shape index (κ3) is 1.62. The van der Waals surface area contributed by atoms with Gasteiger partial charge in [-0.2, -0.15) is 0 Å². The van der Waals surface area contributed by atoms with Crippen LogP contribution in [0.1, 0.15) is 46.8 Å². The molecule has 18 heavy (non-hydrogen) atoms. The first-order chi connectivity index (χ1) is 8.36. The maximum absolute atomic E-state index is 11.1. The number of carbonyl (C=O) groups is 1. The quantitative estimate of drug-likeness (QED) is 0.712. The average Bonchev–Trinajstić information content (AvgIpc) is 2.29. The minimum atomic E-state index is -1.35. The lowest BCUT2D eigenvalue weighted by Gasteiger charge is -2.31. The summed E-state index contributed by atoms with van der Waals surface area (Å²) in [6.45, 7) is 5.66. The third-order valence-electron chi connectivity index (χ3n) is 3.71. The van der Waals surface area contributed by atoms with E-state index < -0.39 is 11.5 Å². The second-order valence-electron chi connectivity index (χ2n) is 4.70. The fourth-order valence-corrected chi connectivity index (χ4v) is 2.49. The summed E-state index contributed by atoms with van der Waals surface area (Å²) in [6.07, 6.45) is -0.0364. The second kappa shape index (κ2) is 4.17. The molecule has 1 aromatic rings. The van der Waals surface area contributed by atoms with Crippen molar-refractivity contribution in [2.24, 2.45) is 0 Å². The van der Waals surface area contributed by atoms with Crippen LogP contribution in [0.25, 0.3) is 0 Å². The van der Waals surface area contributed by atoms with Gasteiger partial charge in [0.1, 0.15) is 17.1 Å². The maximum atomic E-state index is 11.1. The molecule has 1 aliphatic heterocycles. The van der Waals surface area contributed by atoms with Crippen LogP contribution < -0.4 is 0 Å². The van der Waals surface area contributed by atoms with Crippen LogP contribution in [-0.4, -0.2) is 27.4 Å². The molecular formula is C13H16O5. The molecule has 0 saturated carbocycles. The first kappa shape index (κ1) is 12.7. The van der Waals surface area contributed by atoms with Gasteiger partial charge in [-0.05, 0) is 25.0 Å². The summed E-state index contributed by atoms with van der Waals surface area (Å²) in [5, 5.41) is 29.0. The molecule has 1 aliphatic rings. The van der Waals surface area contributed by atoms with E-state index in [0.717, 1.165) is 5.56 Å². The number of hydrogen-bond donors (Lipinski definition) is 3. The van der Waals surface area contributed by atoms with Gasteiger partial charge in [0, 0.05) is 11.5 Å². The normalized spacial score (nSPS) is 22.6. The van der Waals surface area contributed by atoms with E-state index >= 15 is 0 Å². The van der Waals surface area contributed by atoms with Crippen molar-refractivity contribution in [2.75, 3.05) is 0 Å². The van der Waals surface area contributed by atoms with E-state index in [1.165, 1.54) is 0 Å². The van der Waals surface area contributed by atoms with Crippen LogP contribution in [0.5, 0.6) is 11.5 Å². The van der Waals surface area contributed by atoms with Crippen LogP contribution >= 0.6 is 0 Å². The number of aromatic hydroxyl groups is 2. The van der Waals surface area contributed by atoms with Gasteiger partial charge in [-0.15, -0.1) is 0 Å². The summed E-state index contributed by atoms with van der Waals surface area (Å²) in [6, 6.07) is 0. The standard InChI is InChI=1S/C13H16O5/c1-5-7(3)18-4-8-9(5)6(2)11(14)10(12(8)15)13(16)17/h5,7,14-15H,4H2,1-3H3,(H,16,17)/t5-,7-/m1/s1. The van der Waals surface area contributed by atoms with E-state index in [-0.39, 0.29) is 30.1 Å². The lowest BCUT2D eigenvalue weighted by molar-refractivity contribution is 0.0223. The van der Waals surface area contributed by atoms with Gasteiger partial charge >= 0.3 is 5.97 Å². The molecule has 0 aliphatic carbocycles. The zero-order valence-electron chi connectivity index (χ0n) is 10.5. The van der Waals surface area contributed by atoms with Crippen molar-refractivity contribution in [1.29, 1.82) is 0 Å². The number of carboxylic acids is 1. The highest BCUT2D eigenvalue weighted by molar-refractivity contribution is 5.95. The van der Waals surface area contributed by atoms with Crippen molar-refractivity contribution in [1.82, 2.24) is 0 Å². The van der Waals surface area contributed by atoms with Crippen LogP contribution in [0.15, 0.2) is 0 Å². The lowest BCUT2D eigenvalue weighted by atomic mass is 9.84. The fourth-order valence-electron chi connectivity index (χ4n) is 2.49. The summed E-state index contributed by atoms with van der Waals surface area (Å²) in [4.78, 5) is 11.1. The molecule has 1 heterocycles. The molecule has 0 unspecified atom stereocenters. The summed E-state index contributed by atoms with van der Waals surface area (Å²) >= 11 is 0. The highest BCUT2D eigenvalue weighted by Gasteiger charge is 2.32. The number of phenols is 2. The summed E-state index contributed by atoms with van der Waals surface area (Å²) in [5.41, 5.74) is 1.31. The second-order valence-corrected chi connectivity index (χ2v) is 4.70. The molecule has 0 saturated heterocycles. The van der Waals surface area contributed by atoms with Crippen molar-refractivity contribution < 1.29 is 24.9 Å². The molecule has 0 amide bonds. The summed E-state index contributed by atoms with van der Waals surface area (Å²) in [7, 11) is 0. The Morgan fingerprint density at radius 2 is 1.89 bits per heavy atom. The molecule has 0 radical (unpaired) electrons. The largest absolute Gasteiger partial charge is 0.507 e. The number of hydrogen-bond acceptors (Lipinski definition) is 4. The molecule has 1 aromatic carbocycles. The van der Waals surface area contributed by atoms with Gasteiger partial charge in [-0.25, -0.2) is 4.79 Å². The van der Waals surface area contributed by atoms with Gasteiger partial charge in [-0.3, -0.25) is 0 Å². The Morgan fingerprint density at radius 1 is 1.28 bits per heavy atom. The third-order valence-corrected chi connectivity index (χ3v) is 3.71. The SMILES string of the molecule is Cc1c(O)c(C(=O)O)c(O)c2c1[C@H](C)[C@@H](C)OC2. The molecule has 0 bridgehead atoms. The Labute approximate surface area is 105 Å². The number of ether oxygens (including phenoxy) is 1. The van der Waals surface area contributed by atoms with Crippen molar-refractivity contribution >= 4 is 5.97 Å². The zero-order chi connectivity index (χ0) is 13.6. The molecule has 2 rings (SSSR count). The molecule has 2 atom stereocenters. The lowest BCUT2D eigenvalue weighted by Crippen LogP contribution is -2.25. The van der Waals surface area contributed by atoms with Gasteiger partial charge in [0.15, 0.2) is 0 Å². The Balaban J connectivity index is 2.77. The van der Waals surface area contributed by atoms with Crippen molar-refractivity contribution in [2.45, 2.75) is 39.4 Å². The van der Waals surface area contributed by atoms with E-state index in [4.69, 9.17) is 9.84 Å². The topological polar surface area (TPSA) is 87.0 Å². The number of benzene rings is 1. The molecule has 0 spiro atoms. The van der Waals surface area contributed by atoms with Crippen LogP contribution in [0.2, 0.25) is 0 Å². The Morgan fingerprint density at radius 3 is 2.44 bits per heavy atom. The molecule has 0 aromatic heterocycles. The van der Waals surface area contributed by atoms with E-state index in [2.05, 4.69) is 0 Å². The average molecular weight is 252 g/mol. The van der Waals surface area contributed by atoms with E-state index in [0.29, 0.717) is 11.1 Å². The van der Waals surface area contributed by atoms with Gasteiger partial charge in [0.05, 0.1) is 12.7 Å². The van der Waals surface area contributed by atoms with E-state index in [1.807, 2.05) is 13.8 Å². The van der Waals surface area contributed by atoms with Crippen molar-refractivity contribution in [3.8, 4) is 11.5 Å². The van der Waals surface area contributed by atoms with Crippen LogP contribution in [-0.2, 0) is 11.3 Å². The summed E-state index contributed by atoms with van der Waals surface area (Å²) < 4.78 is 5.49. The predicted molar refractivity (Wildman–Crippen MR) is 64.1 cm³/mol. The van der Waals surface area contributed by atoms with Gasteiger partial charge in [0.25, 0.3) is 0 Å². The van der Waals surface area contributed by atoms with Gasteiger partial charge in [0.2, 0.25) is 0 Å². The van der Waals surface area contributed by atoms with Crippen LogP contribution in [0.3, 0.4) is 0 Å². The fraction of sp³-hybridized carbons (Fsp3) is 0.462. The first-order valence-corrected chi connectivity index (χ1v) is 5.78. The van der Waals surface area contributed by atoms with E-state index in [1.54, 1.807) is 6.92 Å².